The molecule has 2 amide bonds. The number of hydrogen-bond acceptors (Lipinski definition) is 4. The van der Waals surface area contributed by atoms with E-state index >= 15 is 0 Å². The maximum Gasteiger partial charge on any atom is 0.276 e. The van der Waals surface area contributed by atoms with Crippen molar-refractivity contribution in [2.24, 2.45) is 0 Å². The van der Waals surface area contributed by atoms with Crippen LogP contribution in [-0.2, 0) is 0 Å². The molecule has 166 valence electrons. The van der Waals surface area contributed by atoms with Gasteiger partial charge in [0.25, 0.3) is 17.4 Å². The maximum atomic E-state index is 13.2. The molecule has 7 nitrogen and oxygen atoms in total. The SMILES string of the molecule is CC(C)n1nc(C(=O)Nc2ccccc2C(=O)Nc2ccc(Cl)cc2)c2ccccc2c1=O. The van der Waals surface area contributed by atoms with Crippen LogP contribution in [0.15, 0.2) is 77.6 Å². The molecule has 0 aliphatic carbocycles. The van der Waals surface area contributed by atoms with Crippen LogP contribution in [0.5, 0.6) is 0 Å². The molecular weight excluding hydrogens is 440 g/mol. The largest absolute Gasteiger partial charge is 0.322 e. The van der Waals surface area contributed by atoms with E-state index in [1.165, 1.54) is 4.68 Å². The third kappa shape index (κ3) is 4.63. The minimum Gasteiger partial charge on any atom is -0.322 e. The molecule has 0 saturated heterocycles. The number of nitrogens with zero attached hydrogens (tertiary/aromatic N) is 2. The second-order valence-electron chi connectivity index (χ2n) is 7.70. The van der Waals surface area contributed by atoms with Crippen molar-refractivity contribution in [1.29, 1.82) is 0 Å². The molecule has 1 heterocycles. The standard InChI is InChI=1S/C25H21ClN4O3/c1-15(2)30-25(33)19-8-4-3-7-18(19)22(29-30)24(32)28-21-10-6-5-9-20(21)23(31)27-17-13-11-16(26)12-14-17/h3-15H,1-2H3,(H,27,31)(H,28,32). The van der Waals surface area contributed by atoms with Crippen LogP contribution in [0, 0.1) is 0 Å². The number of halogens is 1. The highest BCUT2D eigenvalue weighted by molar-refractivity contribution is 6.30. The highest BCUT2D eigenvalue weighted by atomic mass is 35.5. The Bertz CT molecular complexity index is 1410. The average Bonchev–Trinajstić information content (AvgIpc) is 2.81. The highest BCUT2D eigenvalue weighted by Crippen LogP contribution is 2.21. The van der Waals surface area contributed by atoms with Crippen LogP contribution in [0.2, 0.25) is 5.02 Å². The van der Waals surface area contributed by atoms with Gasteiger partial charge in [0.05, 0.1) is 22.7 Å². The lowest BCUT2D eigenvalue weighted by atomic mass is 10.1. The zero-order chi connectivity index (χ0) is 23.5. The van der Waals surface area contributed by atoms with Crippen molar-refractivity contribution in [2.75, 3.05) is 10.6 Å². The Morgan fingerprint density at radius 1 is 0.848 bits per heavy atom. The lowest BCUT2D eigenvalue weighted by molar-refractivity contribution is 0.102. The summed E-state index contributed by atoms with van der Waals surface area (Å²) in [6, 6.07) is 20.0. The Morgan fingerprint density at radius 2 is 1.48 bits per heavy atom. The van der Waals surface area contributed by atoms with Gasteiger partial charge in [-0.25, -0.2) is 4.68 Å². The van der Waals surface area contributed by atoms with Gasteiger partial charge >= 0.3 is 0 Å². The molecule has 0 spiro atoms. The molecule has 0 radical (unpaired) electrons. The van der Waals surface area contributed by atoms with Gasteiger partial charge in [-0.2, -0.15) is 5.10 Å². The van der Waals surface area contributed by atoms with Gasteiger partial charge in [-0.05, 0) is 56.3 Å². The van der Waals surface area contributed by atoms with E-state index < -0.39 is 11.8 Å². The van der Waals surface area contributed by atoms with Gasteiger partial charge in [-0.3, -0.25) is 14.4 Å². The number of para-hydroxylation sites is 1. The molecular formula is C25H21ClN4O3. The Morgan fingerprint density at radius 3 is 2.18 bits per heavy atom. The Hall–Kier alpha value is -3.97. The number of nitrogens with one attached hydrogen (secondary N) is 2. The molecule has 0 fully saturated rings. The first-order valence-corrected chi connectivity index (χ1v) is 10.7. The van der Waals surface area contributed by atoms with Gasteiger partial charge in [-0.15, -0.1) is 0 Å². The third-order valence-corrected chi connectivity index (χ3v) is 5.31. The van der Waals surface area contributed by atoms with E-state index in [-0.39, 0.29) is 22.9 Å². The molecule has 1 aromatic heterocycles. The number of anilines is 2. The van der Waals surface area contributed by atoms with Gasteiger partial charge in [0.1, 0.15) is 0 Å². The second-order valence-corrected chi connectivity index (χ2v) is 8.13. The fourth-order valence-electron chi connectivity index (χ4n) is 3.43. The predicted molar refractivity (Wildman–Crippen MR) is 130 cm³/mol. The van der Waals surface area contributed by atoms with Crippen molar-refractivity contribution in [3.05, 3.63) is 99.4 Å². The van der Waals surface area contributed by atoms with Crippen molar-refractivity contribution in [3.63, 3.8) is 0 Å². The Balaban J connectivity index is 1.68. The molecule has 4 rings (SSSR count). The van der Waals surface area contributed by atoms with Crippen LogP contribution >= 0.6 is 11.6 Å². The first-order valence-electron chi connectivity index (χ1n) is 10.3. The van der Waals surface area contributed by atoms with Gasteiger partial charge in [0, 0.05) is 16.1 Å². The quantitative estimate of drug-likeness (QED) is 0.431. The zero-order valence-corrected chi connectivity index (χ0v) is 18.8. The smallest absolute Gasteiger partial charge is 0.276 e. The number of aromatic nitrogens is 2. The molecule has 0 atom stereocenters. The summed E-state index contributed by atoms with van der Waals surface area (Å²) < 4.78 is 1.29. The number of fused-ring (bicyclic) bond motifs is 1. The summed E-state index contributed by atoms with van der Waals surface area (Å²) >= 11 is 5.90. The summed E-state index contributed by atoms with van der Waals surface area (Å²) in [5, 5.41) is 11.3. The molecule has 0 aliphatic rings. The number of hydrogen-bond donors (Lipinski definition) is 2. The van der Waals surface area contributed by atoms with Crippen molar-refractivity contribution < 1.29 is 9.59 Å². The number of carbonyl (C=O) groups excluding carboxylic acids is 2. The van der Waals surface area contributed by atoms with E-state index in [0.29, 0.717) is 27.2 Å². The molecule has 0 unspecified atom stereocenters. The van der Waals surface area contributed by atoms with Crippen molar-refractivity contribution in [3.8, 4) is 0 Å². The van der Waals surface area contributed by atoms with Crippen molar-refractivity contribution in [2.45, 2.75) is 19.9 Å². The Kier molecular flexibility index (Phi) is 6.24. The van der Waals surface area contributed by atoms with Crippen LogP contribution in [0.1, 0.15) is 40.7 Å². The molecule has 0 bridgehead atoms. The van der Waals surface area contributed by atoms with E-state index in [9.17, 15) is 14.4 Å². The zero-order valence-electron chi connectivity index (χ0n) is 18.0. The molecule has 33 heavy (non-hydrogen) atoms. The van der Waals surface area contributed by atoms with Crippen LogP contribution < -0.4 is 16.2 Å². The summed E-state index contributed by atoms with van der Waals surface area (Å²) in [6.07, 6.45) is 0. The minimum atomic E-state index is -0.521. The topological polar surface area (TPSA) is 93.1 Å². The van der Waals surface area contributed by atoms with Crippen LogP contribution in [-0.4, -0.2) is 21.6 Å². The summed E-state index contributed by atoms with van der Waals surface area (Å²) in [4.78, 5) is 38.9. The normalized spacial score (nSPS) is 10.9. The van der Waals surface area contributed by atoms with Gasteiger partial charge in [0.2, 0.25) is 0 Å². The van der Waals surface area contributed by atoms with Gasteiger partial charge in [-0.1, -0.05) is 41.9 Å². The first kappa shape index (κ1) is 22.2. The maximum absolute atomic E-state index is 13.2. The molecule has 0 saturated carbocycles. The third-order valence-electron chi connectivity index (χ3n) is 5.05. The first-order chi connectivity index (χ1) is 15.8. The number of benzene rings is 3. The summed E-state index contributed by atoms with van der Waals surface area (Å²) in [5.74, 6) is -0.912. The lowest BCUT2D eigenvalue weighted by Crippen LogP contribution is -2.29. The van der Waals surface area contributed by atoms with Crippen molar-refractivity contribution >= 4 is 45.6 Å². The van der Waals surface area contributed by atoms with E-state index in [1.54, 1.807) is 72.8 Å². The van der Waals surface area contributed by atoms with Crippen LogP contribution in [0.25, 0.3) is 10.8 Å². The number of carbonyl (C=O) groups is 2. The molecule has 4 aromatic rings. The van der Waals surface area contributed by atoms with E-state index in [1.807, 2.05) is 13.8 Å². The molecule has 3 aromatic carbocycles. The van der Waals surface area contributed by atoms with Crippen LogP contribution in [0.3, 0.4) is 0 Å². The predicted octanol–water partition coefficient (Wildman–Crippen LogP) is 5.14. The monoisotopic (exact) mass is 460 g/mol. The molecule has 0 aliphatic heterocycles. The summed E-state index contributed by atoms with van der Waals surface area (Å²) in [6.45, 7) is 3.64. The fourth-order valence-corrected chi connectivity index (χ4v) is 3.55. The number of amides is 2. The Labute approximate surface area is 195 Å². The average molecular weight is 461 g/mol. The van der Waals surface area contributed by atoms with Gasteiger partial charge in [0.15, 0.2) is 5.69 Å². The lowest BCUT2D eigenvalue weighted by Gasteiger charge is -2.15. The summed E-state index contributed by atoms with van der Waals surface area (Å²) in [5.41, 5.74) is 1.01. The minimum absolute atomic E-state index is 0.104. The van der Waals surface area contributed by atoms with Crippen molar-refractivity contribution in [1.82, 2.24) is 9.78 Å². The number of rotatable bonds is 5. The van der Waals surface area contributed by atoms with Gasteiger partial charge < -0.3 is 10.6 Å². The van der Waals surface area contributed by atoms with E-state index in [2.05, 4.69) is 15.7 Å². The highest BCUT2D eigenvalue weighted by Gasteiger charge is 2.20. The summed E-state index contributed by atoms with van der Waals surface area (Å²) in [7, 11) is 0. The van der Waals surface area contributed by atoms with Crippen LogP contribution in [0.4, 0.5) is 11.4 Å². The molecule has 8 heteroatoms. The van der Waals surface area contributed by atoms with E-state index in [4.69, 9.17) is 11.6 Å². The molecule has 2 N–H and O–H groups in total. The second kappa shape index (κ2) is 9.26. The van der Waals surface area contributed by atoms with E-state index in [0.717, 1.165) is 0 Å². The fraction of sp³-hybridized carbons (Fsp3) is 0.120.